The van der Waals surface area contributed by atoms with Gasteiger partial charge in [0.25, 0.3) is 0 Å². The van der Waals surface area contributed by atoms with E-state index in [4.69, 9.17) is 15.2 Å². The zero-order valence-corrected chi connectivity index (χ0v) is 12.0. The van der Waals surface area contributed by atoms with Crippen LogP contribution in [0.2, 0.25) is 0 Å². The van der Waals surface area contributed by atoms with Crippen LogP contribution in [0.15, 0.2) is 24.3 Å². The van der Waals surface area contributed by atoms with E-state index in [1.165, 1.54) is 11.1 Å². The highest BCUT2D eigenvalue weighted by Crippen LogP contribution is 2.28. The summed E-state index contributed by atoms with van der Waals surface area (Å²) >= 11 is 0. The number of aryl methyl sites for hydroxylation is 1. The first-order valence-corrected chi connectivity index (χ1v) is 7.26. The van der Waals surface area contributed by atoms with Gasteiger partial charge in [0, 0.05) is 19.3 Å². The lowest BCUT2D eigenvalue weighted by Gasteiger charge is -2.31. The minimum Gasteiger partial charge on any atom is -0.381 e. The molecule has 3 heteroatoms. The van der Waals surface area contributed by atoms with Gasteiger partial charge < -0.3 is 15.2 Å². The topological polar surface area (TPSA) is 44.5 Å². The van der Waals surface area contributed by atoms with Gasteiger partial charge in [-0.1, -0.05) is 31.2 Å². The average molecular weight is 263 g/mol. The van der Waals surface area contributed by atoms with Gasteiger partial charge >= 0.3 is 0 Å². The monoisotopic (exact) mass is 263 g/mol. The van der Waals surface area contributed by atoms with Crippen molar-refractivity contribution >= 4 is 0 Å². The summed E-state index contributed by atoms with van der Waals surface area (Å²) in [5.74, 6) is 0. The lowest BCUT2D eigenvalue weighted by Crippen LogP contribution is -2.34. The molecule has 1 aliphatic rings. The van der Waals surface area contributed by atoms with Crippen molar-refractivity contribution < 1.29 is 9.47 Å². The molecule has 3 nitrogen and oxygen atoms in total. The Morgan fingerprint density at radius 3 is 2.63 bits per heavy atom. The molecule has 19 heavy (non-hydrogen) atoms. The van der Waals surface area contributed by atoms with Crippen molar-refractivity contribution in [2.75, 3.05) is 13.2 Å². The van der Waals surface area contributed by atoms with Crippen LogP contribution in [0, 0.1) is 6.92 Å². The fraction of sp³-hybridized carbons (Fsp3) is 0.625. The maximum atomic E-state index is 6.31. The van der Waals surface area contributed by atoms with E-state index in [2.05, 4.69) is 38.1 Å². The summed E-state index contributed by atoms with van der Waals surface area (Å²) in [5, 5.41) is 0. The largest absolute Gasteiger partial charge is 0.381 e. The second-order valence-electron chi connectivity index (χ2n) is 5.30. The predicted octanol–water partition coefficient (Wildman–Crippen LogP) is 2.97. The van der Waals surface area contributed by atoms with Crippen LogP contribution in [-0.4, -0.2) is 25.4 Å². The molecule has 1 aromatic rings. The molecule has 0 amide bonds. The van der Waals surface area contributed by atoms with Gasteiger partial charge in [0.05, 0.1) is 12.2 Å². The van der Waals surface area contributed by atoms with E-state index >= 15 is 0 Å². The van der Waals surface area contributed by atoms with E-state index in [9.17, 15) is 0 Å². The summed E-state index contributed by atoms with van der Waals surface area (Å²) < 4.78 is 11.7. The molecule has 1 aromatic carbocycles. The Bertz CT molecular complexity index is 388. The van der Waals surface area contributed by atoms with E-state index in [1.807, 2.05) is 0 Å². The minimum absolute atomic E-state index is 0.00528. The van der Waals surface area contributed by atoms with Gasteiger partial charge in [-0.25, -0.2) is 0 Å². The van der Waals surface area contributed by atoms with Crippen molar-refractivity contribution in [3.63, 3.8) is 0 Å². The summed E-state index contributed by atoms with van der Waals surface area (Å²) in [6.45, 7) is 5.83. The Hall–Kier alpha value is -0.900. The molecule has 0 saturated carbocycles. The fourth-order valence-electron chi connectivity index (χ4n) is 2.54. The highest BCUT2D eigenvalue weighted by atomic mass is 16.5. The van der Waals surface area contributed by atoms with Crippen molar-refractivity contribution in [2.45, 2.75) is 51.4 Å². The lowest BCUT2D eigenvalue weighted by molar-refractivity contribution is -0.0779. The summed E-state index contributed by atoms with van der Waals surface area (Å²) in [6.07, 6.45) is 3.13. The quantitative estimate of drug-likeness (QED) is 0.888. The van der Waals surface area contributed by atoms with Crippen molar-refractivity contribution in [3.8, 4) is 0 Å². The molecular weight excluding hydrogens is 238 g/mol. The average Bonchev–Trinajstić information content (AvgIpc) is 2.46. The Kier molecular flexibility index (Phi) is 5.37. The first-order valence-electron chi connectivity index (χ1n) is 7.26. The number of nitrogens with two attached hydrogens (primary N) is 1. The van der Waals surface area contributed by atoms with Crippen LogP contribution in [0.3, 0.4) is 0 Å². The maximum absolute atomic E-state index is 6.31. The van der Waals surface area contributed by atoms with Gasteiger partial charge in [0.1, 0.15) is 0 Å². The number of rotatable bonds is 5. The van der Waals surface area contributed by atoms with Crippen molar-refractivity contribution in [3.05, 3.63) is 35.4 Å². The molecule has 1 saturated heterocycles. The zero-order chi connectivity index (χ0) is 13.7. The van der Waals surface area contributed by atoms with E-state index in [1.54, 1.807) is 0 Å². The number of benzene rings is 1. The normalized spacial score (nSPS) is 20.2. The summed E-state index contributed by atoms with van der Waals surface area (Å²) in [4.78, 5) is 0. The van der Waals surface area contributed by atoms with Crippen LogP contribution in [0.1, 0.15) is 43.4 Å². The summed E-state index contributed by atoms with van der Waals surface area (Å²) in [5.41, 5.74) is 8.76. The lowest BCUT2D eigenvalue weighted by atomic mass is 9.96. The van der Waals surface area contributed by atoms with Gasteiger partial charge in [-0.3, -0.25) is 0 Å². The standard InChI is InChI=1S/C16H25NO2/c1-3-15(17)16(14-7-5-4-6-12(14)2)19-13-8-10-18-11-9-13/h4-7,13,15-16H,3,8-11,17H2,1-2H3. The molecule has 106 valence electrons. The smallest absolute Gasteiger partial charge is 0.0981 e. The molecule has 0 aromatic heterocycles. The van der Waals surface area contributed by atoms with E-state index in [0.29, 0.717) is 0 Å². The molecule has 1 fully saturated rings. The van der Waals surface area contributed by atoms with Crippen LogP contribution in [-0.2, 0) is 9.47 Å². The molecule has 0 spiro atoms. The second-order valence-corrected chi connectivity index (χ2v) is 5.30. The Morgan fingerprint density at radius 1 is 1.32 bits per heavy atom. The number of ether oxygens (including phenoxy) is 2. The molecule has 2 N–H and O–H groups in total. The van der Waals surface area contributed by atoms with Crippen LogP contribution in [0.5, 0.6) is 0 Å². The fourth-order valence-corrected chi connectivity index (χ4v) is 2.54. The predicted molar refractivity (Wildman–Crippen MR) is 77.1 cm³/mol. The molecule has 2 atom stereocenters. The van der Waals surface area contributed by atoms with Crippen molar-refractivity contribution in [2.24, 2.45) is 5.73 Å². The van der Waals surface area contributed by atoms with Gasteiger partial charge in [-0.2, -0.15) is 0 Å². The third-order valence-electron chi connectivity index (χ3n) is 3.86. The van der Waals surface area contributed by atoms with Gasteiger partial charge in [0.15, 0.2) is 0 Å². The van der Waals surface area contributed by atoms with Gasteiger partial charge in [-0.05, 0) is 37.3 Å². The molecule has 1 heterocycles. The van der Waals surface area contributed by atoms with E-state index in [-0.39, 0.29) is 18.2 Å². The summed E-state index contributed by atoms with van der Waals surface area (Å²) in [6, 6.07) is 8.42. The zero-order valence-electron chi connectivity index (χ0n) is 12.0. The minimum atomic E-state index is -0.00528. The Labute approximate surface area is 116 Å². The van der Waals surface area contributed by atoms with Crippen molar-refractivity contribution in [1.82, 2.24) is 0 Å². The molecule has 0 aliphatic carbocycles. The molecule has 0 radical (unpaired) electrons. The highest BCUT2D eigenvalue weighted by Gasteiger charge is 2.25. The SMILES string of the molecule is CCC(N)C(OC1CCOCC1)c1ccccc1C. The van der Waals surface area contributed by atoms with Crippen LogP contribution < -0.4 is 5.73 Å². The molecule has 0 bridgehead atoms. The molecule has 2 unspecified atom stereocenters. The third kappa shape index (κ3) is 3.78. The highest BCUT2D eigenvalue weighted by molar-refractivity contribution is 5.28. The van der Waals surface area contributed by atoms with Crippen LogP contribution in [0.25, 0.3) is 0 Å². The van der Waals surface area contributed by atoms with E-state index < -0.39 is 0 Å². The first-order chi connectivity index (χ1) is 9.22. The Balaban J connectivity index is 2.13. The maximum Gasteiger partial charge on any atom is 0.0981 e. The second kappa shape index (κ2) is 7.04. The van der Waals surface area contributed by atoms with Crippen LogP contribution in [0.4, 0.5) is 0 Å². The first kappa shape index (κ1) is 14.5. The van der Waals surface area contributed by atoms with Gasteiger partial charge in [0.2, 0.25) is 0 Å². The number of hydrogen-bond donors (Lipinski definition) is 1. The van der Waals surface area contributed by atoms with Crippen molar-refractivity contribution in [1.29, 1.82) is 0 Å². The Morgan fingerprint density at radius 2 is 2.00 bits per heavy atom. The molecule has 1 aliphatic heterocycles. The van der Waals surface area contributed by atoms with Crippen LogP contribution >= 0.6 is 0 Å². The number of hydrogen-bond acceptors (Lipinski definition) is 3. The summed E-state index contributed by atoms with van der Waals surface area (Å²) in [7, 11) is 0. The van der Waals surface area contributed by atoms with Gasteiger partial charge in [-0.15, -0.1) is 0 Å². The van der Waals surface area contributed by atoms with E-state index in [0.717, 1.165) is 32.5 Å². The molecular formula is C16H25NO2. The molecule has 2 rings (SSSR count). The third-order valence-corrected chi connectivity index (χ3v) is 3.86.